The number of nitrogens with one attached hydrogen (secondary N) is 2. The maximum Gasteiger partial charge on any atom is 0.243 e. The number of hydrogen-bond acceptors (Lipinski definition) is 5. The van der Waals surface area contributed by atoms with Gasteiger partial charge in [-0.25, -0.2) is 9.97 Å². The number of carbonyl (C=O) groups excluding carboxylic acids is 1. The topological polar surface area (TPSA) is 66.9 Å². The molecule has 0 spiro atoms. The summed E-state index contributed by atoms with van der Waals surface area (Å²) in [6.07, 6.45) is 2.40. The van der Waals surface area contributed by atoms with E-state index in [1.165, 1.54) is 11.2 Å². The van der Waals surface area contributed by atoms with E-state index in [0.29, 0.717) is 5.82 Å². The van der Waals surface area contributed by atoms with E-state index in [2.05, 4.69) is 27.5 Å². The number of anilines is 2. The Morgan fingerprint density at radius 3 is 2.91 bits per heavy atom. The van der Waals surface area contributed by atoms with Crippen LogP contribution in [0.25, 0.3) is 10.2 Å². The molecule has 118 valence electrons. The molecular weight excluding hydrogens is 308 g/mol. The zero-order valence-corrected chi connectivity index (χ0v) is 13.9. The Hall–Kier alpha value is -2.47. The van der Waals surface area contributed by atoms with Gasteiger partial charge in [-0.05, 0) is 31.0 Å². The molecule has 0 saturated heterocycles. The molecule has 6 heteroatoms. The molecule has 0 unspecified atom stereocenters. The fraction of sp³-hybridized carbons (Fsp3) is 0.235. The van der Waals surface area contributed by atoms with Crippen LogP contribution in [0, 0.1) is 6.92 Å². The number of fused-ring (bicyclic) bond motifs is 1. The number of carbonyl (C=O) groups is 1. The van der Waals surface area contributed by atoms with E-state index in [9.17, 15) is 4.79 Å². The van der Waals surface area contributed by atoms with Crippen molar-refractivity contribution in [2.75, 3.05) is 17.2 Å². The summed E-state index contributed by atoms with van der Waals surface area (Å²) < 4.78 is 0. The third-order valence-corrected chi connectivity index (χ3v) is 4.50. The van der Waals surface area contributed by atoms with Crippen LogP contribution in [0.5, 0.6) is 0 Å². The maximum atomic E-state index is 12.2. The largest absolute Gasteiger partial charge is 0.360 e. The van der Waals surface area contributed by atoms with Gasteiger partial charge in [0.15, 0.2) is 0 Å². The molecular formula is C17H18N4OS. The van der Waals surface area contributed by atoms with E-state index in [1.807, 2.05) is 37.3 Å². The van der Waals surface area contributed by atoms with Crippen molar-refractivity contribution in [1.29, 1.82) is 0 Å². The van der Waals surface area contributed by atoms with Crippen molar-refractivity contribution in [3.8, 4) is 0 Å². The second-order valence-electron chi connectivity index (χ2n) is 5.21. The average molecular weight is 326 g/mol. The van der Waals surface area contributed by atoms with Crippen LogP contribution in [-0.2, 0) is 11.2 Å². The molecule has 0 atom stereocenters. The number of aromatic nitrogens is 2. The Balaban J connectivity index is 1.69. The van der Waals surface area contributed by atoms with E-state index in [-0.39, 0.29) is 12.5 Å². The Morgan fingerprint density at radius 2 is 2.09 bits per heavy atom. The molecule has 2 N–H and O–H groups in total. The summed E-state index contributed by atoms with van der Waals surface area (Å²) in [5.74, 6) is 0.600. The van der Waals surface area contributed by atoms with Gasteiger partial charge < -0.3 is 10.6 Å². The van der Waals surface area contributed by atoms with Gasteiger partial charge >= 0.3 is 0 Å². The van der Waals surface area contributed by atoms with E-state index >= 15 is 0 Å². The maximum absolute atomic E-state index is 12.2. The highest BCUT2D eigenvalue weighted by Gasteiger charge is 2.09. The minimum absolute atomic E-state index is 0.0930. The fourth-order valence-electron chi connectivity index (χ4n) is 2.43. The first-order valence-electron chi connectivity index (χ1n) is 7.50. The van der Waals surface area contributed by atoms with E-state index in [4.69, 9.17) is 0 Å². The number of thiophene rings is 1. The quantitative estimate of drug-likeness (QED) is 0.751. The van der Waals surface area contributed by atoms with Gasteiger partial charge in [0.2, 0.25) is 5.91 Å². The van der Waals surface area contributed by atoms with Gasteiger partial charge in [-0.15, -0.1) is 11.3 Å². The highest BCUT2D eigenvalue weighted by Crippen LogP contribution is 2.27. The summed E-state index contributed by atoms with van der Waals surface area (Å²) in [5.41, 5.74) is 1.99. The Kier molecular flexibility index (Phi) is 4.52. The van der Waals surface area contributed by atoms with Gasteiger partial charge in [0.05, 0.1) is 11.9 Å². The third kappa shape index (κ3) is 3.48. The van der Waals surface area contributed by atoms with Crippen LogP contribution in [-0.4, -0.2) is 22.4 Å². The second kappa shape index (κ2) is 6.75. The number of hydrogen-bond donors (Lipinski definition) is 2. The van der Waals surface area contributed by atoms with Crippen molar-refractivity contribution >= 4 is 39.0 Å². The molecule has 5 nitrogen and oxygen atoms in total. The van der Waals surface area contributed by atoms with Crippen LogP contribution in [0.4, 0.5) is 11.5 Å². The number of nitrogens with zero attached hydrogens (tertiary/aromatic N) is 2. The predicted octanol–water partition coefficient (Wildman–Crippen LogP) is 3.61. The van der Waals surface area contributed by atoms with Crippen molar-refractivity contribution < 1.29 is 4.79 Å². The van der Waals surface area contributed by atoms with Gasteiger partial charge in [-0.1, -0.05) is 25.1 Å². The number of rotatable bonds is 5. The lowest BCUT2D eigenvalue weighted by Crippen LogP contribution is -2.22. The van der Waals surface area contributed by atoms with Crippen LogP contribution in [0.1, 0.15) is 17.4 Å². The lowest BCUT2D eigenvalue weighted by atomic mass is 10.1. The van der Waals surface area contributed by atoms with E-state index in [0.717, 1.165) is 27.9 Å². The summed E-state index contributed by atoms with van der Waals surface area (Å²) in [6.45, 7) is 4.27. The first kappa shape index (κ1) is 15.4. The van der Waals surface area contributed by atoms with Gasteiger partial charge in [0, 0.05) is 10.6 Å². The molecule has 1 amide bonds. The van der Waals surface area contributed by atoms with Crippen LogP contribution in [0.2, 0.25) is 0 Å². The zero-order chi connectivity index (χ0) is 16.2. The first-order chi connectivity index (χ1) is 11.2. The van der Waals surface area contributed by atoms with Crippen LogP contribution < -0.4 is 10.6 Å². The number of benzene rings is 1. The monoisotopic (exact) mass is 326 g/mol. The minimum atomic E-state index is -0.0930. The third-order valence-electron chi connectivity index (χ3n) is 3.54. The fourth-order valence-corrected chi connectivity index (χ4v) is 3.27. The molecule has 0 aliphatic heterocycles. The molecule has 0 aliphatic rings. The molecule has 2 heterocycles. The van der Waals surface area contributed by atoms with E-state index < -0.39 is 0 Å². The summed E-state index contributed by atoms with van der Waals surface area (Å²) in [6, 6.07) is 9.87. The van der Waals surface area contributed by atoms with Crippen LogP contribution in [0.15, 0.2) is 36.7 Å². The predicted molar refractivity (Wildman–Crippen MR) is 95.1 cm³/mol. The van der Waals surface area contributed by atoms with Gasteiger partial charge in [-0.3, -0.25) is 4.79 Å². The van der Waals surface area contributed by atoms with Crippen molar-refractivity contribution in [2.24, 2.45) is 0 Å². The second-order valence-corrected chi connectivity index (χ2v) is 6.45. The Labute approximate surface area is 138 Å². The molecule has 0 aliphatic carbocycles. The lowest BCUT2D eigenvalue weighted by molar-refractivity contribution is -0.114. The van der Waals surface area contributed by atoms with Crippen LogP contribution >= 0.6 is 11.3 Å². The summed E-state index contributed by atoms with van der Waals surface area (Å²) >= 11 is 1.62. The van der Waals surface area contributed by atoms with Gasteiger partial charge in [-0.2, -0.15) is 0 Å². The van der Waals surface area contributed by atoms with Crippen molar-refractivity contribution in [3.63, 3.8) is 0 Å². The Bertz CT molecular complexity index is 843. The standard InChI is InChI=1S/C17H18N4OS/c1-3-12-6-4-5-7-14(12)21-15(22)9-18-16-13-8-11(2)23-17(13)20-10-19-16/h4-8,10H,3,9H2,1-2H3,(H,21,22)(H,18,19,20). The number of para-hydroxylation sites is 1. The normalized spacial score (nSPS) is 10.7. The average Bonchev–Trinajstić information content (AvgIpc) is 2.94. The first-order valence-corrected chi connectivity index (χ1v) is 8.31. The SMILES string of the molecule is CCc1ccccc1NC(=O)CNc1ncnc2sc(C)cc12. The number of amides is 1. The highest BCUT2D eigenvalue weighted by atomic mass is 32.1. The summed E-state index contributed by atoms with van der Waals surface area (Å²) in [7, 11) is 0. The molecule has 3 rings (SSSR count). The molecule has 2 aromatic heterocycles. The van der Waals surface area contributed by atoms with Gasteiger partial charge in [0.25, 0.3) is 0 Å². The molecule has 3 aromatic rings. The molecule has 23 heavy (non-hydrogen) atoms. The smallest absolute Gasteiger partial charge is 0.243 e. The van der Waals surface area contributed by atoms with Crippen molar-refractivity contribution in [1.82, 2.24) is 9.97 Å². The number of aryl methyl sites for hydroxylation is 2. The molecule has 0 radical (unpaired) electrons. The molecule has 1 aromatic carbocycles. The van der Waals surface area contributed by atoms with E-state index in [1.54, 1.807) is 11.3 Å². The van der Waals surface area contributed by atoms with Crippen molar-refractivity contribution in [2.45, 2.75) is 20.3 Å². The summed E-state index contributed by atoms with van der Waals surface area (Å²) in [5, 5.41) is 7.00. The molecule has 0 saturated carbocycles. The van der Waals surface area contributed by atoms with Crippen LogP contribution in [0.3, 0.4) is 0 Å². The molecule has 0 fully saturated rings. The molecule has 0 bridgehead atoms. The Morgan fingerprint density at radius 1 is 1.26 bits per heavy atom. The minimum Gasteiger partial charge on any atom is -0.360 e. The zero-order valence-electron chi connectivity index (χ0n) is 13.1. The highest BCUT2D eigenvalue weighted by molar-refractivity contribution is 7.18. The summed E-state index contributed by atoms with van der Waals surface area (Å²) in [4.78, 5) is 22.8. The van der Waals surface area contributed by atoms with Gasteiger partial charge in [0.1, 0.15) is 17.0 Å². The lowest BCUT2D eigenvalue weighted by Gasteiger charge is -2.10. The van der Waals surface area contributed by atoms with Crippen molar-refractivity contribution in [3.05, 3.63) is 47.1 Å².